The number of carbonyl (C=O) groups excluding carboxylic acids is 5. The molecule has 0 aromatic heterocycles. The van der Waals surface area contributed by atoms with Gasteiger partial charge in [0.25, 0.3) is 11.8 Å². The molecule has 0 unspecified atom stereocenters. The van der Waals surface area contributed by atoms with E-state index in [2.05, 4.69) is 4.74 Å². The molecule has 0 atom stereocenters. The van der Waals surface area contributed by atoms with Crippen LogP contribution in [0.2, 0.25) is 0 Å². The Morgan fingerprint density at radius 3 is 2.09 bits per heavy atom. The molecule has 2 amide bonds. The molecular formula is C25H15F2NO7. The quantitative estimate of drug-likeness (QED) is 0.422. The van der Waals surface area contributed by atoms with Crippen LogP contribution in [0.5, 0.6) is 5.75 Å². The minimum Gasteiger partial charge on any atom is -0.452 e. The van der Waals surface area contributed by atoms with Crippen molar-refractivity contribution in [3.8, 4) is 5.75 Å². The molecule has 4 rings (SSSR count). The molecule has 0 spiro atoms. The Morgan fingerprint density at radius 2 is 1.43 bits per heavy atom. The Hall–Kier alpha value is -4.73. The fourth-order valence-corrected chi connectivity index (χ4v) is 3.55. The highest BCUT2D eigenvalue weighted by Crippen LogP contribution is 2.29. The summed E-state index contributed by atoms with van der Waals surface area (Å²) in [6, 6.07) is 14.9. The number of halogens is 2. The van der Waals surface area contributed by atoms with Crippen molar-refractivity contribution in [1.29, 1.82) is 0 Å². The lowest BCUT2D eigenvalue weighted by molar-refractivity contribution is -0.123. The van der Waals surface area contributed by atoms with Gasteiger partial charge in [-0.2, -0.15) is 8.78 Å². The number of ketones is 2. The maximum atomic E-state index is 13.0. The van der Waals surface area contributed by atoms with Crippen molar-refractivity contribution in [3.63, 3.8) is 0 Å². The molecular weight excluding hydrogens is 464 g/mol. The molecule has 0 radical (unpaired) electrons. The number of benzene rings is 3. The van der Waals surface area contributed by atoms with Gasteiger partial charge < -0.3 is 9.47 Å². The van der Waals surface area contributed by atoms with E-state index in [0.717, 1.165) is 12.1 Å². The Balaban J connectivity index is 1.42. The standard InChI is InChI=1S/C25H15F2NO7/c26-25(27)35-14-10-8-13(9-11-14)23(32)28-19(29)12-34-24(33)18-7-3-6-17-20(18)22(31)16-5-2-1-4-15(16)21(17)30/h1-11,25H,12H2,(H,28,29,32). The van der Waals surface area contributed by atoms with Crippen LogP contribution in [-0.2, 0) is 9.53 Å². The Labute approximate surface area is 196 Å². The molecule has 1 N–H and O–H groups in total. The van der Waals surface area contributed by atoms with E-state index in [1.165, 1.54) is 42.5 Å². The van der Waals surface area contributed by atoms with Crippen LogP contribution < -0.4 is 10.1 Å². The number of esters is 1. The van der Waals surface area contributed by atoms with Crippen LogP contribution in [0, 0.1) is 0 Å². The lowest BCUT2D eigenvalue weighted by atomic mass is 9.82. The average molecular weight is 479 g/mol. The lowest BCUT2D eigenvalue weighted by Crippen LogP contribution is -2.34. The summed E-state index contributed by atoms with van der Waals surface area (Å²) in [7, 11) is 0. The summed E-state index contributed by atoms with van der Waals surface area (Å²) in [5.41, 5.74) is 0.0851. The van der Waals surface area contributed by atoms with Crippen molar-refractivity contribution < 1.29 is 42.2 Å². The predicted octanol–water partition coefficient (Wildman–Crippen LogP) is 3.18. The van der Waals surface area contributed by atoms with E-state index in [1.807, 2.05) is 5.32 Å². The number of nitrogens with one attached hydrogen (secondary N) is 1. The highest BCUT2D eigenvalue weighted by Gasteiger charge is 2.33. The van der Waals surface area contributed by atoms with Gasteiger partial charge in [-0.3, -0.25) is 24.5 Å². The van der Waals surface area contributed by atoms with Gasteiger partial charge in [-0.05, 0) is 30.3 Å². The third-order valence-electron chi connectivity index (χ3n) is 5.10. The van der Waals surface area contributed by atoms with Gasteiger partial charge in [0.15, 0.2) is 18.2 Å². The summed E-state index contributed by atoms with van der Waals surface area (Å²) >= 11 is 0. The van der Waals surface area contributed by atoms with Gasteiger partial charge in [0.1, 0.15) is 5.75 Å². The zero-order valence-corrected chi connectivity index (χ0v) is 17.7. The van der Waals surface area contributed by atoms with Crippen LogP contribution in [0.1, 0.15) is 52.6 Å². The van der Waals surface area contributed by atoms with Gasteiger partial charge in [0, 0.05) is 27.8 Å². The highest BCUT2D eigenvalue weighted by atomic mass is 19.3. The number of rotatable bonds is 6. The normalized spacial score (nSPS) is 12.0. The van der Waals surface area contributed by atoms with E-state index in [0.29, 0.717) is 0 Å². The topological polar surface area (TPSA) is 116 Å². The molecule has 0 aliphatic heterocycles. The van der Waals surface area contributed by atoms with Crippen molar-refractivity contribution in [2.45, 2.75) is 6.61 Å². The molecule has 3 aromatic rings. The largest absolute Gasteiger partial charge is 0.452 e. The molecule has 0 saturated carbocycles. The van der Waals surface area contributed by atoms with E-state index in [-0.39, 0.29) is 39.1 Å². The second kappa shape index (κ2) is 9.64. The summed E-state index contributed by atoms with van der Waals surface area (Å²) in [5.74, 6) is -3.96. The first kappa shape index (κ1) is 23.4. The number of hydrogen-bond acceptors (Lipinski definition) is 7. The van der Waals surface area contributed by atoms with Crippen LogP contribution in [0.25, 0.3) is 0 Å². The molecule has 0 heterocycles. The third kappa shape index (κ3) is 4.81. The number of hydrogen-bond donors (Lipinski definition) is 1. The second-order valence-electron chi connectivity index (χ2n) is 7.29. The summed E-state index contributed by atoms with van der Waals surface area (Å²) in [6.07, 6.45) is 0. The SMILES string of the molecule is O=C(COC(=O)c1cccc2c1C(=O)c1ccccc1C2=O)NC(=O)c1ccc(OC(F)F)cc1. The number of alkyl halides is 2. The van der Waals surface area contributed by atoms with E-state index in [4.69, 9.17) is 4.74 Å². The van der Waals surface area contributed by atoms with Crippen LogP contribution >= 0.6 is 0 Å². The molecule has 1 aliphatic rings. The maximum absolute atomic E-state index is 13.0. The monoisotopic (exact) mass is 479 g/mol. The van der Waals surface area contributed by atoms with Gasteiger partial charge >= 0.3 is 12.6 Å². The molecule has 176 valence electrons. The van der Waals surface area contributed by atoms with Gasteiger partial charge in [0.05, 0.1) is 5.56 Å². The summed E-state index contributed by atoms with van der Waals surface area (Å²) < 4.78 is 33.5. The van der Waals surface area contributed by atoms with Gasteiger partial charge in [-0.25, -0.2) is 4.79 Å². The number of fused-ring (bicyclic) bond motifs is 2. The minimum absolute atomic E-state index is 0.0220. The maximum Gasteiger partial charge on any atom is 0.387 e. The van der Waals surface area contributed by atoms with Crippen LogP contribution in [0.4, 0.5) is 8.78 Å². The van der Waals surface area contributed by atoms with Crippen LogP contribution in [0.15, 0.2) is 66.7 Å². The first-order chi connectivity index (χ1) is 16.8. The van der Waals surface area contributed by atoms with Crippen molar-refractivity contribution in [2.75, 3.05) is 6.61 Å². The number of ether oxygens (including phenoxy) is 2. The molecule has 0 bridgehead atoms. The van der Waals surface area contributed by atoms with E-state index in [1.54, 1.807) is 12.1 Å². The number of imide groups is 1. The van der Waals surface area contributed by atoms with E-state index < -0.39 is 42.6 Å². The molecule has 0 saturated heterocycles. The smallest absolute Gasteiger partial charge is 0.387 e. The zero-order valence-electron chi connectivity index (χ0n) is 17.7. The number of carbonyl (C=O) groups is 5. The van der Waals surface area contributed by atoms with Crippen molar-refractivity contribution in [1.82, 2.24) is 5.32 Å². The Kier molecular flexibility index (Phi) is 6.45. The Bertz CT molecular complexity index is 1370. The van der Waals surface area contributed by atoms with E-state index in [9.17, 15) is 32.8 Å². The van der Waals surface area contributed by atoms with E-state index >= 15 is 0 Å². The zero-order chi connectivity index (χ0) is 25.1. The highest BCUT2D eigenvalue weighted by molar-refractivity contribution is 6.30. The van der Waals surface area contributed by atoms with Crippen molar-refractivity contribution in [2.24, 2.45) is 0 Å². The Morgan fingerprint density at radius 1 is 0.800 bits per heavy atom. The first-order valence-electron chi connectivity index (χ1n) is 10.1. The second-order valence-corrected chi connectivity index (χ2v) is 7.29. The third-order valence-corrected chi connectivity index (χ3v) is 5.10. The fourth-order valence-electron chi connectivity index (χ4n) is 3.55. The lowest BCUT2D eigenvalue weighted by Gasteiger charge is -2.19. The van der Waals surface area contributed by atoms with Crippen molar-refractivity contribution in [3.05, 3.63) is 100 Å². The summed E-state index contributed by atoms with van der Waals surface area (Å²) in [4.78, 5) is 62.6. The summed E-state index contributed by atoms with van der Waals surface area (Å²) in [5, 5.41) is 1.99. The average Bonchev–Trinajstić information content (AvgIpc) is 2.85. The first-order valence-corrected chi connectivity index (χ1v) is 10.1. The van der Waals surface area contributed by atoms with Crippen molar-refractivity contribution >= 4 is 29.4 Å². The number of amides is 2. The molecule has 10 heteroatoms. The van der Waals surface area contributed by atoms with Gasteiger partial charge in [-0.15, -0.1) is 0 Å². The molecule has 0 fully saturated rings. The minimum atomic E-state index is -3.02. The van der Waals surface area contributed by atoms with Crippen LogP contribution in [0.3, 0.4) is 0 Å². The fraction of sp³-hybridized carbons (Fsp3) is 0.0800. The van der Waals surface area contributed by atoms with Crippen LogP contribution in [-0.4, -0.2) is 42.6 Å². The molecule has 3 aromatic carbocycles. The van der Waals surface area contributed by atoms with Gasteiger partial charge in [-0.1, -0.05) is 36.4 Å². The molecule has 8 nitrogen and oxygen atoms in total. The predicted molar refractivity (Wildman–Crippen MR) is 116 cm³/mol. The van der Waals surface area contributed by atoms with Gasteiger partial charge in [0.2, 0.25) is 0 Å². The summed E-state index contributed by atoms with van der Waals surface area (Å²) in [6.45, 7) is -3.87. The molecule has 1 aliphatic carbocycles. The molecule has 35 heavy (non-hydrogen) atoms.